The van der Waals surface area contributed by atoms with E-state index in [4.69, 9.17) is 0 Å². The van der Waals surface area contributed by atoms with Crippen LogP contribution < -0.4 is 0 Å². The molecule has 76 valence electrons. The van der Waals surface area contributed by atoms with Gasteiger partial charge in [-0.3, -0.25) is 0 Å². The van der Waals surface area contributed by atoms with Gasteiger partial charge in [-0.25, -0.2) is 4.98 Å². The maximum atomic E-state index is 4.68. The van der Waals surface area contributed by atoms with Gasteiger partial charge in [0, 0.05) is 7.05 Å². The van der Waals surface area contributed by atoms with Gasteiger partial charge in [0.1, 0.15) is 0 Å². The van der Waals surface area contributed by atoms with E-state index in [1.807, 2.05) is 6.07 Å². The molecule has 0 radical (unpaired) electrons. The summed E-state index contributed by atoms with van der Waals surface area (Å²) in [6, 6.07) is 8.30. The second-order valence-electron chi connectivity index (χ2n) is 4.28. The molecule has 1 aromatic heterocycles. The van der Waals surface area contributed by atoms with Gasteiger partial charge in [-0.2, -0.15) is 10.0 Å². The van der Waals surface area contributed by atoms with Crippen molar-refractivity contribution >= 4 is 21.1 Å². The van der Waals surface area contributed by atoms with E-state index in [9.17, 15) is 0 Å². The molecule has 3 heteroatoms. The quantitative estimate of drug-likeness (QED) is 0.704. The number of hydrogen-bond acceptors (Lipinski definition) is 1. The first-order valence-electron chi connectivity index (χ1n) is 4.60. The minimum atomic E-state index is -0.743. The first-order valence-corrected chi connectivity index (χ1v) is 7.46. The van der Waals surface area contributed by atoms with Gasteiger partial charge in [0.25, 0.3) is 0 Å². The van der Waals surface area contributed by atoms with Crippen LogP contribution in [0, 0.1) is 0 Å². The van der Waals surface area contributed by atoms with Crippen LogP contribution in [0.15, 0.2) is 29.4 Å². The zero-order chi connectivity index (χ0) is 10.3. The van der Waals surface area contributed by atoms with Crippen LogP contribution in [-0.2, 0) is 7.05 Å². The highest BCUT2D eigenvalue weighted by atomic mass is 32.3. The summed E-state index contributed by atoms with van der Waals surface area (Å²) < 4.78 is 2.21. The van der Waals surface area contributed by atoms with Crippen LogP contribution in [0.4, 0.5) is 0 Å². The molecule has 0 saturated heterocycles. The van der Waals surface area contributed by atoms with Gasteiger partial charge in [-0.1, -0.05) is 12.1 Å². The fourth-order valence-corrected chi connectivity index (χ4v) is 2.96. The molecule has 0 unspecified atom stereocenters. The van der Waals surface area contributed by atoms with Gasteiger partial charge in [0.2, 0.25) is 0 Å². The largest absolute Gasteiger partial charge is 0.323 e. The number of nitrogens with zero attached hydrogens (tertiary/aromatic N) is 2. The Hall–Kier alpha value is -0.960. The molecule has 0 aliphatic rings. The number of benzene rings is 1. The number of imidazole rings is 1. The molecular weight excluding hydrogens is 192 g/mol. The molecule has 2 nitrogen and oxygen atoms in total. The Morgan fingerprint density at radius 3 is 2.36 bits per heavy atom. The van der Waals surface area contributed by atoms with Crippen LogP contribution >= 0.6 is 10.0 Å². The molecule has 14 heavy (non-hydrogen) atoms. The summed E-state index contributed by atoms with van der Waals surface area (Å²) in [5, 5.41) is 1.22. The number of rotatable bonds is 1. The Labute approximate surface area is 86.3 Å². The Balaban J connectivity index is 2.75. The lowest BCUT2D eigenvalue weighted by Crippen LogP contribution is -2.01. The molecule has 2 aromatic rings. The molecular formula is C11H16N2S. The van der Waals surface area contributed by atoms with Crippen molar-refractivity contribution in [3.63, 3.8) is 0 Å². The van der Waals surface area contributed by atoms with Crippen molar-refractivity contribution in [2.45, 2.75) is 5.16 Å². The minimum Gasteiger partial charge on any atom is -0.323 e. The zero-order valence-electron chi connectivity index (χ0n) is 9.11. The van der Waals surface area contributed by atoms with Crippen molar-refractivity contribution in [2.24, 2.45) is 7.05 Å². The summed E-state index contributed by atoms with van der Waals surface area (Å²) in [4.78, 5) is 4.68. The van der Waals surface area contributed by atoms with Gasteiger partial charge in [0.05, 0.1) is 11.0 Å². The van der Waals surface area contributed by atoms with Gasteiger partial charge in [-0.15, -0.1) is 0 Å². The topological polar surface area (TPSA) is 17.8 Å². The van der Waals surface area contributed by atoms with Crippen molar-refractivity contribution in [2.75, 3.05) is 18.8 Å². The van der Waals surface area contributed by atoms with Crippen LogP contribution in [0.1, 0.15) is 0 Å². The number of hydrogen-bond donors (Lipinski definition) is 0. The Morgan fingerprint density at radius 2 is 1.79 bits per heavy atom. The molecule has 2 rings (SSSR count). The van der Waals surface area contributed by atoms with Crippen molar-refractivity contribution in [1.29, 1.82) is 0 Å². The molecule has 0 aliphatic heterocycles. The van der Waals surface area contributed by atoms with E-state index >= 15 is 0 Å². The van der Waals surface area contributed by atoms with E-state index in [2.05, 4.69) is 53.6 Å². The smallest absolute Gasteiger partial charge is 0.150 e. The van der Waals surface area contributed by atoms with Crippen LogP contribution in [0.3, 0.4) is 0 Å². The molecule has 0 atom stereocenters. The van der Waals surface area contributed by atoms with Crippen LogP contribution in [0.5, 0.6) is 0 Å². The van der Waals surface area contributed by atoms with E-state index in [0.29, 0.717) is 0 Å². The third kappa shape index (κ3) is 1.42. The van der Waals surface area contributed by atoms with E-state index in [-0.39, 0.29) is 0 Å². The van der Waals surface area contributed by atoms with E-state index < -0.39 is 10.0 Å². The predicted molar refractivity (Wildman–Crippen MR) is 64.3 cm³/mol. The molecule has 1 aromatic carbocycles. The molecule has 0 N–H and O–H groups in total. The summed E-state index contributed by atoms with van der Waals surface area (Å²) in [7, 11) is 1.36. The van der Waals surface area contributed by atoms with Gasteiger partial charge in [0.15, 0.2) is 5.16 Å². The van der Waals surface area contributed by atoms with Crippen LogP contribution in [0.2, 0.25) is 0 Å². The number of para-hydroxylation sites is 2. The van der Waals surface area contributed by atoms with Crippen molar-refractivity contribution < 1.29 is 0 Å². The predicted octanol–water partition coefficient (Wildman–Crippen LogP) is 2.63. The molecule has 0 saturated carbocycles. The molecule has 0 spiro atoms. The number of aromatic nitrogens is 2. The third-order valence-electron chi connectivity index (χ3n) is 2.29. The molecule has 0 bridgehead atoms. The SMILES string of the molecule is Cn1c(S(C)(C)C)nc2ccccc21. The molecule has 0 fully saturated rings. The lowest BCUT2D eigenvalue weighted by molar-refractivity contribution is 0.810. The lowest BCUT2D eigenvalue weighted by atomic mass is 10.3. The maximum Gasteiger partial charge on any atom is 0.150 e. The molecule has 0 aliphatic carbocycles. The fraction of sp³-hybridized carbons (Fsp3) is 0.364. The third-order valence-corrected chi connectivity index (χ3v) is 3.75. The lowest BCUT2D eigenvalue weighted by Gasteiger charge is -2.23. The second-order valence-corrected chi connectivity index (χ2v) is 8.32. The number of aryl methyl sites for hydroxylation is 1. The van der Waals surface area contributed by atoms with Crippen molar-refractivity contribution in [3.05, 3.63) is 24.3 Å². The Bertz CT molecular complexity index is 466. The highest BCUT2D eigenvalue weighted by Crippen LogP contribution is 2.44. The highest BCUT2D eigenvalue weighted by Gasteiger charge is 2.16. The minimum absolute atomic E-state index is 0.743. The monoisotopic (exact) mass is 208 g/mol. The summed E-state index contributed by atoms with van der Waals surface area (Å²) in [6.45, 7) is 0. The van der Waals surface area contributed by atoms with Crippen LogP contribution in [0.25, 0.3) is 11.0 Å². The first kappa shape index (κ1) is 9.59. The standard InChI is InChI=1S/C11H16N2S/c1-13-10-8-6-5-7-9(10)12-11(13)14(2,3)4/h5-8H,1-4H3. The van der Waals surface area contributed by atoms with Crippen molar-refractivity contribution in [3.8, 4) is 0 Å². The van der Waals surface area contributed by atoms with E-state index in [0.717, 1.165) is 5.52 Å². The average Bonchev–Trinajstić information content (AvgIpc) is 2.44. The Morgan fingerprint density at radius 1 is 1.14 bits per heavy atom. The summed E-state index contributed by atoms with van der Waals surface area (Å²) in [5.74, 6) is 0. The normalized spacial score (nSPS) is 13.4. The Kier molecular flexibility index (Phi) is 2.07. The van der Waals surface area contributed by atoms with Gasteiger partial charge in [-0.05, 0) is 30.9 Å². The summed E-state index contributed by atoms with van der Waals surface area (Å²) >= 11 is 0. The average molecular weight is 208 g/mol. The van der Waals surface area contributed by atoms with E-state index in [1.54, 1.807) is 0 Å². The van der Waals surface area contributed by atoms with Gasteiger partial charge >= 0.3 is 0 Å². The van der Waals surface area contributed by atoms with E-state index in [1.165, 1.54) is 10.7 Å². The zero-order valence-corrected chi connectivity index (χ0v) is 9.93. The van der Waals surface area contributed by atoms with Crippen molar-refractivity contribution in [1.82, 2.24) is 9.55 Å². The highest BCUT2D eigenvalue weighted by molar-refractivity contribution is 8.32. The second kappa shape index (κ2) is 3.02. The fourth-order valence-electron chi connectivity index (χ4n) is 1.67. The first-order chi connectivity index (χ1) is 6.50. The van der Waals surface area contributed by atoms with Crippen LogP contribution in [-0.4, -0.2) is 28.3 Å². The summed E-state index contributed by atoms with van der Waals surface area (Å²) in [6.07, 6.45) is 6.82. The summed E-state index contributed by atoms with van der Waals surface area (Å²) in [5.41, 5.74) is 2.33. The number of fused-ring (bicyclic) bond motifs is 1. The maximum absolute atomic E-state index is 4.68. The molecule has 0 amide bonds. The molecule has 1 heterocycles. The van der Waals surface area contributed by atoms with Gasteiger partial charge < -0.3 is 4.57 Å².